The number of hydrogen-bond donors (Lipinski definition) is 2. The van der Waals surface area contributed by atoms with Crippen LogP contribution in [0.4, 0.5) is 0 Å². The summed E-state index contributed by atoms with van der Waals surface area (Å²) in [5.74, 6) is 0. The topological polar surface area (TPSA) is 54.7 Å². The second kappa shape index (κ2) is 4.15. The van der Waals surface area contributed by atoms with Gasteiger partial charge < -0.3 is 10.7 Å². The molecule has 0 aromatic carbocycles. The molecule has 1 aliphatic rings. The summed E-state index contributed by atoms with van der Waals surface area (Å²) < 4.78 is 0. The van der Waals surface area contributed by atoms with Gasteiger partial charge in [0, 0.05) is 23.7 Å². The first kappa shape index (κ1) is 9.09. The molecule has 72 valence electrons. The molecule has 0 radical (unpaired) electrons. The highest BCUT2D eigenvalue weighted by Gasteiger charge is 2.23. The zero-order chi connectivity index (χ0) is 9.10. The molecule has 2 rings (SSSR count). The van der Waals surface area contributed by atoms with E-state index in [4.69, 9.17) is 5.73 Å². The molecule has 2 atom stereocenters. The molecule has 0 aliphatic heterocycles. The van der Waals surface area contributed by atoms with E-state index < -0.39 is 0 Å². The van der Waals surface area contributed by atoms with E-state index in [0.29, 0.717) is 11.3 Å². The first-order chi connectivity index (χ1) is 6.36. The molecule has 3 N–H and O–H groups in total. The second-order valence-corrected chi connectivity index (χ2v) is 4.73. The van der Waals surface area contributed by atoms with E-state index in [1.807, 2.05) is 6.20 Å². The summed E-state index contributed by atoms with van der Waals surface area (Å²) in [4.78, 5) is 7.30. The van der Waals surface area contributed by atoms with Gasteiger partial charge in [-0.25, -0.2) is 4.98 Å². The monoisotopic (exact) mass is 197 g/mol. The molecule has 1 saturated carbocycles. The number of H-pyrrole nitrogens is 1. The first-order valence-electron chi connectivity index (χ1n) is 4.78. The number of aromatic nitrogens is 2. The van der Waals surface area contributed by atoms with Gasteiger partial charge in [0.25, 0.3) is 0 Å². The lowest BCUT2D eigenvalue weighted by Crippen LogP contribution is -2.35. The maximum atomic E-state index is 6.03. The third-order valence-electron chi connectivity index (χ3n) is 2.49. The van der Waals surface area contributed by atoms with Crippen LogP contribution in [0.25, 0.3) is 0 Å². The summed E-state index contributed by atoms with van der Waals surface area (Å²) in [6.07, 6.45) is 8.64. The van der Waals surface area contributed by atoms with Crippen LogP contribution in [0.15, 0.2) is 17.6 Å². The fourth-order valence-electron chi connectivity index (χ4n) is 1.73. The van der Waals surface area contributed by atoms with Crippen molar-refractivity contribution in [3.05, 3.63) is 12.4 Å². The van der Waals surface area contributed by atoms with Gasteiger partial charge in [-0.15, -0.1) is 0 Å². The van der Waals surface area contributed by atoms with Gasteiger partial charge in [-0.05, 0) is 12.8 Å². The van der Waals surface area contributed by atoms with Crippen LogP contribution in [0.2, 0.25) is 0 Å². The van der Waals surface area contributed by atoms with Crippen LogP contribution in [0, 0.1) is 0 Å². The second-order valence-electron chi connectivity index (χ2n) is 3.50. The molecule has 0 spiro atoms. The summed E-state index contributed by atoms with van der Waals surface area (Å²) in [5, 5.41) is 1.56. The summed E-state index contributed by atoms with van der Waals surface area (Å²) in [5.41, 5.74) is 6.03. The van der Waals surface area contributed by atoms with E-state index in [9.17, 15) is 0 Å². The largest absolute Gasteiger partial charge is 0.340 e. The van der Waals surface area contributed by atoms with Gasteiger partial charge in [0.05, 0.1) is 0 Å². The minimum absolute atomic E-state index is 0.351. The van der Waals surface area contributed by atoms with Gasteiger partial charge in [-0.1, -0.05) is 24.6 Å². The molecular formula is C9H15N3S. The fourth-order valence-corrected chi connectivity index (χ4v) is 2.87. The van der Waals surface area contributed by atoms with Crippen molar-refractivity contribution in [2.24, 2.45) is 5.73 Å². The minimum atomic E-state index is 0.351. The first-order valence-corrected chi connectivity index (χ1v) is 5.66. The number of nitrogens with two attached hydrogens (primary N) is 1. The number of nitrogens with one attached hydrogen (secondary N) is 1. The molecule has 1 aromatic rings. The Morgan fingerprint density at radius 1 is 1.46 bits per heavy atom. The van der Waals surface area contributed by atoms with Gasteiger partial charge >= 0.3 is 0 Å². The fraction of sp³-hybridized carbons (Fsp3) is 0.667. The van der Waals surface area contributed by atoms with Crippen LogP contribution < -0.4 is 5.73 Å². The predicted molar refractivity (Wildman–Crippen MR) is 54.7 cm³/mol. The average Bonchev–Trinajstić information content (AvgIpc) is 2.61. The van der Waals surface area contributed by atoms with Crippen molar-refractivity contribution in [1.82, 2.24) is 9.97 Å². The van der Waals surface area contributed by atoms with Crippen LogP contribution >= 0.6 is 11.8 Å². The summed E-state index contributed by atoms with van der Waals surface area (Å²) in [7, 11) is 0. The predicted octanol–water partition coefficient (Wildman–Crippen LogP) is 1.77. The molecule has 1 aromatic heterocycles. The van der Waals surface area contributed by atoms with Crippen LogP contribution in [0.3, 0.4) is 0 Å². The summed E-state index contributed by atoms with van der Waals surface area (Å²) >= 11 is 1.79. The zero-order valence-corrected chi connectivity index (χ0v) is 8.39. The lowest BCUT2D eigenvalue weighted by atomic mass is 9.96. The van der Waals surface area contributed by atoms with E-state index in [1.54, 1.807) is 18.0 Å². The van der Waals surface area contributed by atoms with Crippen molar-refractivity contribution in [3.63, 3.8) is 0 Å². The molecule has 0 saturated heterocycles. The third kappa shape index (κ3) is 2.25. The Morgan fingerprint density at radius 2 is 2.31 bits per heavy atom. The average molecular weight is 197 g/mol. The van der Waals surface area contributed by atoms with Crippen LogP contribution in [-0.2, 0) is 0 Å². The smallest absolute Gasteiger partial charge is 0.165 e. The van der Waals surface area contributed by atoms with E-state index in [1.165, 1.54) is 25.7 Å². The molecule has 2 unspecified atom stereocenters. The zero-order valence-electron chi connectivity index (χ0n) is 7.57. The Labute approximate surface area is 82.5 Å². The molecule has 0 amide bonds. The molecule has 13 heavy (non-hydrogen) atoms. The lowest BCUT2D eigenvalue weighted by molar-refractivity contribution is 0.453. The Hall–Kier alpha value is -0.480. The number of hydrogen-bond acceptors (Lipinski definition) is 3. The molecule has 1 fully saturated rings. The molecule has 1 aliphatic carbocycles. The van der Waals surface area contributed by atoms with Crippen molar-refractivity contribution in [2.45, 2.75) is 42.1 Å². The van der Waals surface area contributed by atoms with Gasteiger partial charge in [0.15, 0.2) is 5.16 Å². The van der Waals surface area contributed by atoms with Crippen LogP contribution in [-0.4, -0.2) is 21.3 Å². The van der Waals surface area contributed by atoms with Gasteiger partial charge in [0.2, 0.25) is 0 Å². The molecule has 3 nitrogen and oxygen atoms in total. The molecule has 1 heterocycles. The molecular weight excluding hydrogens is 182 g/mol. The Morgan fingerprint density at radius 3 is 3.00 bits per heavy atom. The number of imidazole rings is 1. The molecule has 0 bridgehead atoms. The number of thioether (sulfide) groups is 1. The van der Waals surface area contributed by atoms with Crippen molar-refractivity contribution in [2.75, 3.05) is 0 Å². The maximum absolute atomic E-state index is 6.03. The van der Waals surface area contributed by atoms with Gasteiger partial charge in [0.1, 0.15) is 0 Å². The van der Waals surface area contributed by atoms with Gasteiger partial charge in [-0.3, -0.25) is 0 Å². The van der Waals surface area contributed by atoms with Crippen molar-refractivity contribution in [3.8, 4) is 0 Å². The van der Waals surface area contributed by atoms with Crippen LogP contribution in [0.5, 0.6) is 0 Å². The number of rotatable bonds is 2. The van der Waals surface area contributed by atoms with Gasteiger partial charge in [-0.2, -0.15) is 0 Å². The maximum Gasteiger partial charge on any atom is 0.165 e. The Balaban J connectivity index is 1.93. The van der Waals surface area contributed by atoms with E-state index in [0.717, 1.165) is 5.16 Å². The van der Waals surface area contributed by atoms with Crippen molar-refractivity contribution < 1.29 is 0 Å². The van der Waals surface area contributed by atoms with Crippen LogP contribution in [0.1, 0.15) is 25.7 Å². The summed E-state index contributed by atoms with van der Waals surface area (Å²) in [6.45, 7) is 0. The molecule has 4 heteroatoms. The highest BCUT2D eigenvalue weighted by Crippen LogP contribution is 2.30. The highest BCUT2D eigenvalue weighted by atomic mass is 32.2. The van der Waals surface area contributed by atoms with E-state index in [2.05, 4.69) is 9.97 Å². The third-order valence-corrected chi connectivity index (χ3v) is 3.82. The SMILES string of the molecule is NC1CCCCC1Sc1ncc[nH]1. The highest BCUT2D eigenvalue weighted by molar-refractivity contribution is 7.99. The minimum Gasteiger partial charge on any atom is -0.340 e. The standard InChI is InChI=1S/C9H15N3S/c10-7-3-1-2-4-8(7)13-9-11-5-6-12-9/h5-8H,1-4,10H2,(H,11,12). The van der Waals surface area contributed by atoms with E-state index in [-0.39, 0.29) is 0 Å². The Bertz CT molecular complexity index is 247. The quantitative estimate of drug-likeness (QED) is 0.759. The van der Waals surface area contributed by atoms with Crippen molar-refractivity contribution >= 4 is 11.8 Å². The lowest BCUT2D eigenvalue weighted by Gasteiger charge is -2.26. The Kier molecular flexibility index (Phi) is 2.90. The number of aromatic amines is 1. The normalized spacial score (nSPS) is 29.0. The van der Waals surface area contributed by atoms with Crippen molar-refractivity contribution in [1.29, 1.82) is 0 Å². The summed E-state index contributed by atoms with van der Waals surface area (Å²) in [6, 6.07) is 0.351. The van der Waals surface area contributed by atoms with E-state index >= 15 is 0 Å². The number of nitrogens with zero attached hydrogens (tertiary/aromatic N) is 1.